The van der Waals surface area contributed by atoms with Crippen molar-refractivity contribution in [1.29, 1.82) is 5.26 Å². The summed E-state index contributed by atoms with van der Waals surface area (Å²) in [6, 6.07) is 13.6. The normalized spacial score (nSPS) is 11.2. The van der Waals surface area contributed by atoms with E-state index in [-0.39, 0.29) is 0 Å². The van der Waals surface area contributed by atoms with Crippen molar-refractivity contribution in [2.24, 2.45) is 0 Å². The summed E-state index contributed by atoms with van der Waals surface area (Å²) in [6.45, 7) is 0. The van der Waals surface area contributed by atoms with Crippen LogP contribution in [0.1, 0.15) is 10.4 Å². The van der Waals surface area contributed by atoms with Crippen molar-refractivity contribution in [1.82, 2.24) is 0 Å². The minimum atomic E-state index is 0.629. The molecule has 0 aliphatic rings. The van der Waals surface area contributed by atoms with Gasteiger partial charge in [0.05, 0.1) is 16.0 Å². The smallest absolute Gasteiger partial charge is 0.0998 e. The standard InChI is InChI=1S/C13H7BrClNS/c14-11-3-1-2-9(6-11)10(8-16)7-12-4-5-13(15)17-12/h1-7H/b10-7+. The number of allylic oxidation sites excluding steroid dienone is 1. The van der Waals surface area contributed by atoms with E-state index in [2.05, 4.69) is 22.0 Å². The van der Waals surface area contributed by atoms with E-state index < -0.39 is 0 Å². The quantitative estimate of drug-likeness (QED) is 0.694. The van der Waals surface area contributed by atoms with Gasteiger partial charge in [0.2, 0.25) is 0 Å². The third-order valence-electron chi connectivity index (χ3n) is 2.14. The van der Waals surface area contributed by atoms with Gasteiger partial charge < -0.3 is 0 Å². The third-order valence-corrected chi connectivity index (χ3v) is 3.81. The number of nitrogens with zero attached hydrogens (tertiary/aromatic N) is 1. The Labute approximate surface area is 117 Å². The number of halogens is 2. The molecule has 0 saturated heterocycles. The molecule has 84 valence electrons. The van der Waals surface area contributed by atoms with Gasteiger partial charge in [-0.25, -0.2) is 0 Å². The highest BCUT2D eigenvalue weighted by atomic mass is 79.9. The van der Waals surface area contributed by atoms with Gasteiger partial charge in [0.15, 0.2) is 0 Å². The minimum Gasteiger partial charge on any atom is -0.192 e. The van der Waals surface area contributed by atoms with Gasteiger partial charge in [0.1, 0.15) is 0 Å². The SMILES string of the molecule is N#C/C(=C\c1ccc(Cl)s1)c1cccc(Br)c1. The monoisotopic (exact) mass is 323 g/mol. The largest absolute Gasteiger partial charge is 0.192 e. The van der Waals surface area contributed by atoms with Crippen molar-refractivity contribution < 1.29 is 0 Å². The highest BCUT2D eigenvalue weighted by Crippen LogP contribution is 2.26. The van der Waals surface area contributed by atoms with E-state index >= 15 is 0 Å². The first-order chi connectivity index (χ1) is 8.19. The molecular formula is C13H7BrClNS. The van der Waals surface area contributed by atoms with Crippen molar-refractivity contribution in [3.8, 4) is 6.07 Å². The van der Waals surface area contributed by atoms with E-state index in [1.165, 1.54) is 11.3 Å². The van der Waals surface area contributed by atoms with Crippen molar-refractivity contribution in [3.05, 3.63) is 55.6 Å². The van der Waals surface area contributed by atoms with Crippen LogP contribution in [-0.2, 0) is 0 Å². The van der Waals surface area contributed by atoms with E-state index in [9.17, 15) is 5.26 Å². The molecule has 0 amide bonds. The van der Waals surface area contributed by atoms with Crippen molar-refractivity contribution >= 4 is 50.5 Å². The van der Waals surface area contributed by atoms with Crippen LogP contribution in [0.4, 0.5) is 0 Å². The number of hydrogen-bond donors (Lipinski definition) is 0. The Morgan fingerprint density at radius 3 is 2.76 bits per heavy atom. The Morgan fingerprint density at radius 1 is 1.35 bits per heavy atom. The van der Waals surface area contributed by atoms with E-state index in [0.717, 1.165) is 19.2 Å². The number of rotatable bonds is 2. The van der Waals surface area contributed by atoms with Crippen LogP contribution < -0.4 is 0 Å². The summed E-state index contributed by atoms with van der Waals surface area (Å²) in [5.41, 5.74) is 1.52. The van der Waals surface area contributed by atoms with E-state index in [4.69, 9.17) is 11.6 Å². The molecule has 1 heterocycles. The van der Waals surface area contributed by atoms with Crippen molar-refractivity contribution in [2.75, 3.05) is 0 Å². The van der Waals surface area contributed by atoms with E-state index in [1.807, 2.05) is 42.5 Å². The molecule has 2 aromatic rings. The first kappa shape index (κ1) is 12.4. The molecular weight excluding hydrogens is 318 g/mol. The maximum absolute atomic E-state index is 9.18. The second kappa shape index (κ2) is 5.50. The Kier molecular flexibility index (Phi) is 4.01. The highest BCUT2D eigenvalue weighted by molar-refractivity contribution is 9.10. The highest BCUT2D eigenvalue weighted by Gasteiger charge is 2.03. The number of hydrogen-bond acceptors (Lipinski definition) is 2. The fourth-order valence-corrected chi connectivity index (χ4v) is 2.79. The van der Waals surface area contributed by atoms with Crippen LogP contribution in [0.2, 0.25) is 4.34 Å². The summed E-state index contributed by atoms with van der Waals surface area (Å²) >= 11 is 10.7. The van der Waals surface area contributed by atoms with Crippen LogP contribution in [0.25, 0.3) is 11.6 Å². The molecule has 0 aliphatic carbocycles. The lowest BCUT2D eigenvalue weighted by Gasteiger charge is -1.99. The van der Waals surface area contributed by atoms with Gasteiger partial charge in [0, 0.05) is 9.35 Å². The van der Waals surface area contributed by atoms with Gasteiger partial charge in [-0.15, -0.1) is 11.3 Å². The Balaban J connectivity index is 2.41. The van der Waals surface area contributed by atoms with Crippen LogP contribution in [0, 0.1) is 11.3 Å². The molecule has 1 aromatic carbocycles. The number of benzene rings is 1. The van der Waals surface area contributed by atoms with Gasteiger partial charge in [-0.1, -0.05) is 39.7 Å². The molecule has 0 N–H and O–H groups in total. The Bertz CT molecular complexity index is 610. The summed E-state index contributed by atoms with van der Waals surface area (Å²) in [4.78, 5) is 0.978. The Morgan fingerprint density at radius 2 is 2.18 bits per heavy atom. The number of nitriles is 1. The fraction of sp³-hybridized carbons (Fsp3) is 0. The van der Waals surface area contributed by atoms with E-state index in [0.29, 0.717) is 5.57 Å². The third kappa shape index (κ3) is 3.19. The van der Waals surface area contributed by atoms with Crippen LogP contribution in [0.3, 0.4) is 0 Å². The molecule has 17 heavy (non-hydrogen) atoms. The van der Waals surface area contributed by atoms with E-state index in [1.54, 1.807) is 0 Å². The lowest BCUT2D eigenvalue weighted by molar-refractivity contribution is 1.52. The summed E-state index contributed by atoms with van der Waals surface area (Å²) in [7, 11) is 0. The van der Waals surface area contributed by atoms with Crippen LogP contribution in [0.15, 0.2) is 40.9 Å². The second-order valence-electron chi connectivity index (χ2n) is 3.32. The molecule has 0 saturated carbocycles. The minimum absolute atomic E-state index is 0.629. The molecule has 1 nitrogen and oxygen atoms in total. The first-order valence-electron chi connectivity index (χ1n) is 4.82. The van der Waals surface area contributed by atoms with Crippen LogP contribution >= 0.6 is 38.9 Å². The lowest BCUT2D eigenvalue weighted by atomic mass is 10.1. The maximum Gasteiger partial charge on any atom is 0.0998 e. The van der Waals surface area contributed by atoms with Gasteiger partial charge >= 0.3 is 0 Å². The molecule has 2 rings (SSSR count). The zero-order chi connectivity index (χ0) is 12.3. The molecule has 0 aliphatic heterocycles. The van der Waals surface area contributed by atoms with Crippen LogP contribution in [0.5, 0.6) is 0 Å². The Hall–Kier alpha value is -1.08. The summed E-state index contributed by atoms with van der Waals surface area (Å²) in [6.07, 6.45) is 1.85. The topological polar surface area (TPSA) is 23.8 Å². The van der Waals surface area contributed by atoms with Gasteiger partial charge in [-0.3, -0.25) is 0 Å². The average molecular weight is 325 g/mol. The molecule has 0 unspecified atom stereocenters. The van der Waals surface area contributed by atoms with Gasteiger partial charge in [-0.05, 0) is 35.9 Å². The predicted octanol–water partition coefficient (Wildman–Crippen LogP) is 5.23. The van der Waals surface area contributed by atoms with Crippen molar-refractivity contribution in [3.63, 3.8) is 0 Å². The molecule has 0 radical (unpaired) electrons. The molecule has 1 aromatic heterocycles. The zero-order valence-corrected chi connectivity index (χ0v) is 11.8. The molecule has 0 bridgehead atoms. The number of thiophene rings is 1. The predicted molar refractivity (Wildman–Crippen MR) is 77.0 cm³/mol. The van der Waals surface area contributed by atoms with Crippen LogP contribution in [-0.4, -0.2) is 0 Å². The second-order valence-corrected chi connectivity index (χ2v) is 5.98. The molecule has 0 spiro atoms. The van der Waals surface area contributed by atoms with Gasteiger partial charge in [0.25, 0.3) is 0 Å². The summed E-state index contributed by atoms with van der Waals surface area (Å²) < 4.78 is 1.68. The first-order valence-corrected chi connectivity index (χ1v) is 6.81. The average Bonchev–Trinajstić information content (AvgIpc) is 2.72. The van der Waals surface area contributed by atoms with Crippen molar-refractivity contribution in [2.45, 2.75) is 0 Å². The summed E-state index contributed by atoms with van der Waals surface area (Å²) in [5, 5.41) is 9.18. The fourth-order valence-electron chi connectivity index (χ4n) is 1.38. The molecule has 4 heteroatoms. The molecule has 0 fully saturated rings. The maximum atomic E-state index is 9.18. The molecule has 0 atom stereocenters. The zero-order valence-electron chi connectivity index (χ0n) is 8.65. The summed E-state index contributed by atoms with van der Waals surface area (Å²) in [5.74, 6) is 0. The van der Waals surface area contributed by atoms with Gasteiger partial charge in [-0.2, -0.15) is 5.26 Å². The lowest BCUT2D eigenvalue weighted by Crippen LogP contribution is -1.80.